The van der Waals surface area contributed by atoms with E-state index in [-0.39, 0.29) is 12.4 Å². The van der Waals surface area contributed by atoms with Gasteiger partial charge in [0.1, 0.15) is 35.1 Å². The smallest absolute Gasteiger partial charge is 0.433 e. The lowest BCUT2D eigenvalue weighted by molar-refractivity contribution is -0.141. The number of alkyl halides is 3. The lowest BCUT2D eigenvalue weighted by atomic mass is 10.1. The number of anilines is 1. The Hall–Kier alpha value is -2.71. The molecule has 1 heterocycles. The second kappa shape index (κ2) is 7.24. The highest BCUT2D eigenvalue weighted by Crippen LogP contribution is 2.34. The minimum atomic E-state index is -4.53. The van der Waals surface area contributed by atoms with Gasteiger partial charge in [0.2, 0.25) is 0 Å². The number of aromatic nitrogens is 2. The quantitative estimate of drug-likeness (QED) is 0.869. The summed E-state index contributed by atoms with van der Waals surface area (Å²) in [5, 5.41) is 2.81. The minimum absolute atomic E-state index is 0.0391. The van der Waals surface area contributed by atoms with Crippen LogP contribution in [-0.4, -0.2) is 31.3 Å². The van der Waals surface area contributed by atoms with Crippen LogP contribution in [0.25, 0.3) is 0 Å². The van der Waals surface area contributed by atoms with Crippen molar-refractivity contribution in [1.29, 1.82) is 0 Å². The van der Waals surface area contributed by atoms with Crippen molar-refractivity contribution in [3.8, 4) is 17.2 Å². The molecular weight excluding hydrogens is 327 g/mol. The van der Waals surface area contributed by atoms with Crippen molar-refractivity contribution in [2.24, 2.45) is 0 Å². The maximum absolute atomic E-state index is 12.7. The number of ether oxygens (including phenoxy) is 3. The van der Waals surface area contributed by atoms with E-state index in [1.807, 2.05) is 0 Å². The number of nitrogens with zero attached hydrogens (tertiary/aromatic N) is 2. The highest BCUT2D eigenvalue weighted by molar-refractivity contribution is 5.52. The van der Waals surface area contributed by atoms with Crippen molar-refractivity contribution in [2.75, 3.05) is 26.6 Å². The molecule has 9 heteroatoms. The zero-order valence-electron chi connectivity index (χ0n) is 13.3. The van der Waals surface area contributed by atoms with Gasteiger partial charge in [0, 0.05) is 24.7 Å². The molecule has 0 saturated heterocycles. The van der Waals surface area contributed by atoms with Crippen LogP contribution in [0.1, 0.15) is 11.3 Å². The summed E-state index contributed by atoms with van der Waals surface area (Å²) in [6.07, 6.45) is -3.68. The van der Waals surface area contributed by atoms with Gasteiger partial charge in [-0.1, -0.05) is 0 Å². The first-order valence-corrected chi connectivity index (χ1v) is 6.81. The highest BCUT2D eigenvalue weighted by Gasteiger charge is 2.32. The molecular formula is C15H16F3N3O3. The van der Waals surface area contributed by atoms with E-state index in [4.69, 9.17) is 14.2 Å². The highest BCUT2D eigenvalue weighted by atomic mass is 19.4. The maximum atomic E-state index is 12.7. The van der Waals surface area contributed by atoms with Crippen LogP contribution in [0.4, 0.5) is 19.0 Å². The Morgan fingerprint density at radius 3 is 2.08 bits per heavy atom. The first-order chi connectivity index (χ1) is 11.4. The molecule has 2 rings (SSSR count). The second-order valence-corrected chi connectivity index (χ2v) is 4.65. The van der Waals surface area contributed by atoms with Crippen LogP contribution in [0, 0.1) is 0 Å². The molecule has 24 heavy (non-hydrogen) atoms. The molecule has 130 valence electrons. The van der Waals surface area contributed by atoms with Gasteiger partial charge in [0.15, 0.2) is 0 Å². The van der Waals surface area contributed by atoms with E-state index in [0.29, 0.717) is 22.8 Å². The average molecular weight is 343 g/mol. The number of methoxy groups -OCH3 is 3. The Balaban J connectivity index is 2.26. The molecule has 1 N–H and O–H groups in total. The Morgan fingerprint density at radius 1 is 0.958 bits per heavy atom. The van der Waals surface area contributed by atoms with E-state index >= 15 is 0 Å². The van der Waals surface area contributed by atoms with Crippen LogP contribution in [-0.2, 0) is 12.7 Å². The number of halogens is 3. The average Bonchev–Trinajstić information content (AvgIpc) is 2.58. The fraction of sp³-hybridized carbons (Fsp3) is 0.333. The van der Waals surface area contributed by atoms with Crippen LogP contribution >= 0.6 is 0 Å². The van der Waals surface area contributed by atoms with E-state index in [0.717, 1.165) is 12.4 Å². The minimum Gasteiger partial charge on any atom is -0.496 e. The predicted molar refractivity (Wildman–Crippen MR) is 80.5 cm³/mol. The van der Waals surface area contributed by atoms with E-state index in [1.54, 1.807) is 12.1 Å². The van der Waals surface area contributed by atoms with Gasteiger partial charge in [-0.15, -0.1) is 0 Å². The fourth-order valence-electron chi connectivity index (χ4n) is 2.04. The van der Waals surface area contributed by atoms with Gasteiger partial charge in [0.05, 0.1) is 26.9 Å². The molecule has 6 nitrogen and oxygen atoms in total. The Labute approximate surface area is 136 Å². The number of hydrogen-bond acceptors (Lipinski definition) is 6. The van der Waals surface area contributed by atoms with Crippen molar-refractivity contribution in [2.45, 2.75) is 12.7 Å². The van der Waals surface area contributed by atoms with Crippen LogP contribution in [0.5, 0.6) is 17.2 Å². The van der Waals surface area contributed by atoms with Crippen molar-refractivity contribution < 1.29 is 27.4 Å². The van der Waals surface area contributed by atoms with E-state index in [2.05, 4.69) is 15.3 Å². The molecule has 0 aliphatic rings. The molecule has 0 fully saturated rings. The molecule has 2 aromatic rings. The molecule has 0 saturated carbocycles. The fourth-order valence-corrected chi connectivity index (χ4v) is 2.04. The maximum Gasteiger partial charge on any atom is 0.433 e. The number of nitrogens with one attached hydrogen (secondary N) is 1. The third kappa shape index (κ3) is 3.98. The van der Waals surface area contributed by atoms with Gasteiger partial charge in [-0.25, -0.2) is 9.97 Å². The normalized spacial score (nSPS) is 11.1. The summed E-state index contributed by atoms with van der Waals surface area (Å²) in [5.41, 5.74) is -0.401. The molecule has 1 aromatic heterocycles. The predicted octanol–water partition coefficient (Wildman–Crippen LogP) is 3.13. The van der Waals surface area contributed by atoms with Crippen molar-refractivity contribution in [3.05, 3.63) is 35.8 Å². The summed E-state index contributed by atoms with van der Waals surface area (Å²) in [4.78, 5) is 7.00. The van der Waals surface area contributed by atoms with E-state index in [9.17, 15) is 13.2 Å². The van der Waals surface area contributed by atoms with Crippen molar-refractivity contribution >= 4 is 5.82 Å². The van der Waals surface area contributed by atoms with Gasteiger partial charge in [0.25, 0.3) is 0 Å². The SMILES string of the molecule is COc1cc(OC)c(CNc2cc(C(F)(F)F)ncn2)c(OC)c1. The molecule has 0 atom stereocenters. The molecule has 0 aliphatic carbocycles. The number of hydrogen-bond donors (Lipinski definition) is 1. The third-order valence-electron chi connectivity index (χ3n) is 3.22. The van der Waals surface area contributed by atoms with Gasteiger partial charge >= 0.3 is 6.18 Å². The summed E-state index contributed by atoms with van der Waals surface area (Å²) < 4.78 is 53.8. The Kier molecular flexibility index (Phi) is 5.32. The summed E-state index contributed by atoms with van der Waals surface area (Å²) in [6, 6.07) is 4.14. The Bertz CT molecular complexity index is 683. The zero-order valence-corrected chi connectivity index (χ0v) is 13.3. The standard InChI is InChI=1S/C15H16F3N3O3/c1-22-9-4-11(23-2)10(12(5-9)24-3)7-19-14-6-13(15(16,17)18)20-8-21-14/h4-6,8H,7H2,1-3H3,(H,19,20,21). The first-order valence-electron chi connectivity index (χ1n) is 6.81. The lowest BCUT2D eigenvalue weighted by Gasteiger charge is -2.16. The number of benzene rings is 1. The summed E-state index contributed by atoms with van der Waals surface area (Å²) in [7, 11) is 4.46. The number of rotatable bonds is 6. The molecule has 0 amide bonds. The van der Waals surface area contributed by atoms with Crippen LogP contribution in [0.3, 0.4) is 0 Å². The molecule has 0 bridgehead atoms. The first kappa shape index (κ1) is 17.6. The van der Waals surface area contributed by atoms with Crippen LogP contribution in [0.15, 0.2) is 24.5 Å². The second-order valence-electron chi connectivity index (χ2n) is 4.65. The van der Waals surface area contributed by atoms with Crippen molar-refractivity contribution in [3.63, 3.8) is 0 Å². The van der Waals surface area contributed by atoms with E-state index in [1.165, 1.54) is 21.3 Å². The van der Waals surface area contributed by atoms with Gasteiger partial charge in [-0.2, -0.15) is 13.2 Å². The van der Waals surface area contributed by atoms with Crippen LogP contribution < -0.4 is 19.5 Å². The monoisotopic (exact) mass is 343 g/mol. The van der Waals surface area contributed by atoms with Gasteiger partial charge in [-0.3, -0.25) is 0 Å². The van der Waals surface area contributed by atoms with Gasteiger partial charge in [-0.05, 0) is 0 Å². The zero-order chi connectivity index (χ0) is 17.7. The summed E-state index contributed by atoms with van der Waals surface area (Å²) in [5.74, 6) is 1.53. The summed E-state index contributed by atoms with van der Waals surface area (Å²) >= 11 is 0. The molecule has 0 radical (unpaired) electrons. The van der Waals surface area contributed by atoms with Gasteiger partial charge < -0.3 is 19.5 Å². The molecule has 1 aromatic carbocycles. The Morgan fingerprint density at radius 2 is 1.58 bits per heavy atom. The summed E-state index contributed by atoms with van der Waals surface area (Å²) in [6.45, 7) is 0.144. The third-order valence-corrected chi connectivity index (χ3v) is 3.22. The molecule has 0 spiro atoms. The topological polar surface area (TPSA) is 65.5 Å². The van der Waals surface area contributed by atoms with Crippen LogP contribution in [0.2, 0.25) is 0 Å². The molecule has 0 unspecified atom stereocenters. The lowest BCUT2D eigenvalue weighted by Crippen LogP contribution is -2.11. The largest absolute Gasteiger partial charge is 0.496 e. The van der Waals surface area contributed by atoms with Crippen molar-refractivity contribution in [1.82, 2.24) is 9.97 Å². The molecule has 0 aliphatic heterocycles. The van der Waals surface area contributed by atoms with E-state index < -0.39 is 11.9 Å².